The summed E-state index contributed by atoms with van der Waals surface area (Å²) in [5, 5.41) is 3.23. The van der Waals surface area contributed by atoms with Crippen molar-refractivity contribution in [3.63, 3.8) is 0 Å². The maximum absolute atomic E-state index is 11.8. The molecule has 0 saturated carbocycles. The zero-order valence-corrected chi connectivity index (χ0v) is 12.3. The highest BCUT2D eigenvalue weighted by Gasteiger charge is 2.21. The summed E-state index contributed by atoms with van der Waals surface area (Å²) in [6, 6.07) is 0.313. The molecule has 0 aliphatic rings. The Balaban J connectivity index is 4.22. The third-order valence-corrected chi connectivity index (χ3v) is 2.36. The Bertz CT molecular complexity index is 234. The maximum Gasteiger partial charge on any atom is 0.410 e. The third-order valence-electron chi connectivity index (χ3n) is 2.36. The SMILES string of the molecule is CNC(CC(C)C)CN(C)C(=O)OC(C)(C)C. The highest BCUT2D eigenvalue weighted by molar-refractivity contribution is 5.67. The summed E-state index contributed by atoms with van der Waals surface area (Å²) in [4.78, 5) is 13.4. The predicted octanol–water partition coefficient (Wildman–Crippen LogP) is 2.49. The number of likely N-dealkylation sites (N-methyl/N-ethyl adjacent to an activating group) is 2. The Labute approximate surface area is 106 Å². The lowest BCUT2D eigenvalue weighted by Crippen LogP contribution is -2.43. The molecule has 0 saturated heterocycles. The van der Waals surface area contributed by atoms with Gasteiger partial charge >= 0.3 is 6.09 Å². The van der Waals surface area contributed by atoms with Gasteiger partial charge in [-0.25, -0.2) is 4.79 Å². The van der Waals surface area contributed by atoms with Crippen molar-refractivity contribution in [3.05, 3.63) is 0 Å². The molecule has 1 amide bonds. The van der Waals surface area contributed by atoms with E-state index in [-0.39, 0.29) is 6.09 Å². The van der Waals surface area contributed by atoms with E-state index in [9.17, 15) is 4.79 Å². The Hall–Kier alpha value is -0.770. The number of carbonyl (C=O) groups excluding carboxylic acids is 1. The van der Waals surface area contributed by atoms with Crippen molar-refractivity contribution in [2.24, 2.45) is 5.92 Å². The predicted molar refractivity (Wildman–Crippen MR) is 71.2 cm³/mol. The van der Waals surface area contributed by atoms with Crippen LogP contribution >= 0.6 is 0 Å². The average Bonchev–Trinajstić information content (AvgIpc) is 2.13. The van der Waals surface area contributed by atoms with Crippen LogP contribution in [-0.2, 0) is 4.74 Å². The van der Waals surface area contributed by atoms with Crippen LogP contribution in [0.2, 0.25) is 0 Å². The number of nitrogens with zero attached hydrogens (tertiary/aromatic N) is 1. The van der Waals surface area contributed by atoms with E-state index in [2.05, 4.69) is 19.2 Å². The van der Waals surface area contributed by atoms with Crippen molar-refractivity contribution >= 4 is 6.09 Å². The van der Waals surface area contributed by atoms with Gasteiger partial charge in [-0.15, -0.1) is 0 Å². The van der Waals surface area contributed by atoms with Crippen LogP contribution in [0.4, 0.5) is 4.79 Å². The van der Waals surface area contributed by atoms with Crippen molar-refractivity contribution in [1.29, 1.82) is 0 Å². The lowest BCUT2D eigenvalue weighted by Gasteiger charge is -2.28. The number of hydrogen-bond acceptors (Lipinski definition) is 3. The fraction of sp³-hybridized carbons (Fsp3) is 0.923. The summed E-state index contributed by atoms with van der Waals surface area (Å²) >= 11 is 0. The highest BCUT2D eigenvalue weighted by atomic mass is 16.6. The van der Waals surface area contributed by atoms with Gasteiger partial charge in [0.2, 0.25) is 0 Å². The van der Waals surface area contributed by atoms with Crippen molar-refractivity contribution in [1.82, 2.24) is 10.2 Å². The monoisotopic (exact) mass is 244 g/mol. The quantitative estimate of drug-likeness (QED) is 0.808. The first-order valence-electron chi connectivity index (χ1n) is 6.27. The molecule has 0 aromatic heterocycles. The van der Waals surface area contributed by atoms with E-state index in [1.54, 1.807) is 11.9 Å². The lowest BCUT2D eigenvalue weighted by molar-refractivity contribution is 0.0280. The number of nitrogens with one attached hydrogen (secondary N) is 1. The summed E-state index contributed by atoms with van der Waals surface area (Å²) in [6.45, 7) is 10.7. The fourth-order valence-electron chi connectivity index (χ4n) is 1.60. The summed E-state index contributed by atoms with van der Waals surface area (Å²) in [7, 11) is 3.70. The minimum Gasteiger partial charge on any atom is -0.444 e. The minimum atomic E-state index is -0.432. The van der Waals surface area contributed by atoms with Crippen LogP contribution in [0.1, 0.15) is 41.0 Å². The van der Waals surface area contributed by atoms with Crippen LogP contribution in [0.25, 0.3) is 0 Å². The first-order chi connectivity index (χ1) is 7.65. The van der Waals surface area contributed by atoms with Gasteiger partial charge in [-0.1, -0.05) is 13.8 Å². The largest absolute Gasteiger partial charge is 0.444 e. The van der Waals surface area contributed by atoms with Crippen LogP contribution in [0, 0.1) is 5.92 Å². The molecule has 17 heavy (non-hydrogen) atoms. The fourth-order valence-corrected chi connectivity index (χ4v) is 1.60. The topological polar surface area (TPSA) is 41.6 Å². The van der Waals surface area contributed by atoms with Gasteiger partial charge in [0.1, 0.15) is 5.60 Å². The van der Waals surface area contributed by atoms with E-state index in [4.69, 9.17) is 4.74 Å². The number of hydrogen-bond donors (Lipinski definition) is 1. The van der Waals surface area contributed by atoms with Crippen molar-refractivity contribution < 1.29 is 9.53 Å². The Morgan fingerprint density at radius 2 is 1.88 bits per heavy atom. The third kappa shape index (κ3) is 8.02. The van der Waals surface area contributed by atoms with Crippen LogP contribution in [0.3, 0.4) is 0 Å². The molecule has 0 aliphatic carbocycles. The minimum absolute atomic E-state index is 0.262. The van der Waals surface area contributed by atoms with E-state index in [0.29, 0.717) is 18.5 Å². The van der Waals surface area contributed by atoms with Gasteiger partial charge < -0.3 is 15.0 Å². The molecule has 102 valence electrons. The molecule has 0 spiro atoms. The number of ether oxygens (including phenoxy) is 1. The molecule has 1 N–H and O–H groups in total. The van der Waals surface area contributed by atoms with E-state index >= 15 is 0 Å². The van der Waals surface area contributed by atoms with E-state index in [0.717, 1.165) is 6.42 Å². The van der Waals surface area contributed by atoms with Gasteiger partial charge in [0.25, 0.3) is 0 Å². The number of rotatable bonds is 5. The first kappa shape index (κ1) is 16.2. The van der Waals surface area contributed by atoms with Gasteiger partial charge in [0.05, 0.1) is 0 Å². The molecule has 4 nitrogen and oxygen atoms in total. The zero-order chi connectivity index (χ0) is 13.6. The van der Waals surface area contributed by atoms with Gasteiger partial charge in [-0.2, -0.15) is 0 Å². The Morgan fingerprint density at radius 1 is 1.35 bits per heavy atom. The van der Waals surface area contributed by atoms with E-state index < -0.39 is 5.60 Å². The molecule has 0 heterocycles. The second kappa shape index (κ2) is 6.84. The normalized spacial score (nSPS) is 13.6. The van der Waals surface area contributed by atoms with E-state index in [1.807, 2.05) is 27.8 Å². The number of amides is 1. The number of carbonyl (C=O) groups is 1. The van der Waals surface area contributed by atoms with Crippen molar-refractivity contribution in [2.45, 2.75) is 52.7 Å². The second-order valence-electron chi connectivity index (χ2n) is 5.98. The molecular formula is C13H28N2O2. The van der Waals surface area contributed by atoms with Crippen molar-refractivity contribution in [2.75, 3.05) is 20.6 Å². The molecular weight excluding hydrogens is 216 g/mol. The molecule has 0 aliphatic heterocycles. The molecule has 0 bridgehead atoms. The summed E-state index contributed by atoms with van der Waals surface area (Å²) in [6.07, 6.45) is 0.783. The van der Waals surface area contributed by atoms with Gasteiger partial charge in [-0.3, -0.25) is 0 Å². The maximum atomic E-state index is 11.8. The molecule has 1 unspecified atom stereocenters. The van der Waals surface area contributed by atoms with Crippen molar-refractivity contribution in [3.8, 4) is 0 Å². The Morgan fingerprint density at radius 3 is 2.24 bits per heavy atom. The van der Waals surface area contributed by atoms with E-state index in [1.165, 1.54) is 0 Å². The summed E-state index contributed by atoms with van der Waals surface area (Å²) in [5.41, 5.74) is -0.432. The molecule has 0 rings (SSSR count). The first-order valence-corrected chi connectivity index (χ1v) is 6.27. The molecule has 0 fully saturated rings. The second-order valence-corrected chi connectivity index (χ2v) is 5.98. The smallest absolute Gasteiger partial charge is 0.410 e. The van der Waals surface area contributed by atoms with Gasteiger partial charge in [0.15, 0.2) is 0 Å². The van der Waals surface area contributed by atoms with Crippen LogP contribution in [0.15, 0.2) is 0 Å². The van der Waals surface area contributed by atoms with Crippen LogP contribution in [-0.4, -0.2) is 43.3 Å². The lowest BCUT2D eigenvalue weighted by atomic mass is 10.0. The van der Waals surface area contributed by atoms with Crippen LogP contribution < -0.4 is 5.32 Å². The van der Waals surface area contributed by atoms with Gasteiger partial charge in [-0.05, 0) is 40.2 Å². The summed E-state index contributed by atoms with van der Waals surface area (Å²) < 4.78 is 5.31. The molecule has 0 aromatic rings. The molecule has 1 atom stereocenters. The summed E-state index contributed by atoms with van der Waals surface area (Å²) in [5.74, 6) is 0.611. The molecule has 0 aromatic carbocycles. The molecule has 4 heteroatoms. The van der Waals surface area contributed by atoms with Gasteiger partial charge in [0, 0.05) is 19.6 Å². The van der Waals surface area contributed by atoms with Crippen LogP contribution in [0.5, 0.6) is 0 Å². The zero-order valence-electron chi connectivity index (χ0n) is 12.3. The Kier molecular flexibility index (Phi) is 6.53. The standard InChI is InChI=1S/C13H28N2O2/c1-10(2)8-11(14-6)9-15(7)12(16)17-13(3,4)5/h10-11,14H,8-9H2,1-7H3. The molecule has 0 radical (unpaired) electrons. The highest BCUT2D eigenvalue weighted by Crippen LogP contribution is 2.11. The average molecular weight is 244 g/mol.